The Morgan fingerprint density at radius 1 is 1.45 bits per heavy atom. The molecule has 1 atom stereocenters. The molecule has 3 N–H and O–H groups in total. The average molecular weight is 412 g/mol. The zero-order valence-electron chi connectivity index (χ0n) is 12.1. The molecule has 1 aromatic rings. The molecule has 114 valence electrons. The van der Waals surface area contributed by atoms with E-state index in [-0.39, 0.29) is 30.1 Å². The quantitative estimate of drug-likeness (QED) is 0.429. The van der Waals surface area contributed by atoms with Crippen LogP contribution in [0.3, 0.4) is 0 Å². The van der Waals surface area contributed by atoms with Crippen molar-refractivity contribution in [1.29, 1.82) is 0 Å². The molecular weight excluding hydrogens is 389 g/mol. The van der Waals surface area contributed by atoms with E-state index >= 15 is 0 Å². The Bertz CT molecular complexity index is 427. The molecule has 20 heavy (non-hydrogen) atoms. The van der Waals surface area contributed by atoms with Crippen LogP contribution in [0.1, 0.15) is 25.5 Å². The molecule has 0 aromatic heterocycles. The minimum atomic E-state index is -0.105. The third kappa shape index (κ3) is 7.31. The topological polar surface area (TPSA) is 59.6 Å². The van der Waals surface area contributed by atoms with E-state index in [1.807, 2.05) is 24.3 Å². The summed E-state index contributed by atoms with van der Waals surface area (Å²) in [7, 11) is 1.66. The maximum Gasteiger partial charge on any atom is 0.188 e. The molecule has 0 saturated carbocycles. The second kappa shape index (κ2) is 10.2. The summed E-state index contributed by atoms with van der Waals surface area (Å²) in [5.41, 5.74) is 6.80. The number of methoxy groups -OCH3 is 1. The molecule has 0 aliphatic heterocycles. The van der Waals surface area contributed by atoms with Crippen molar-refractivity contribution in [3.05, 3.63) is 34.9 Å². The SMILES string of the molecule is COC(CNC(N)=NCC(C)C)c1cccc(Cl)c1.I. The number of hydrogen-bond acceptors (Lipinski definition) is 2. The summed E-state index contributed by atoms with van der Waals surface area (Å²) >= 11 is 5.97. The number of hydrogen-bond donors (Lipinski definition) is 2. The van der Waals surface area contributed by atoms with Crippen LogP contribution in [-0.2, 0) is 4.74 Å². The zero-order chi connectivity index (χ0) is 14.3. The molecule has 0 amide bonds. The minimum absolute atomic E-state index is 0. The van der Waals surface area contributed by atoms with Crippen LogP contribution in [0.15, 0.2) is 29.3 Å². The van der Waals surface area contributed by atoms with E-state index in [1.165, 1.54) is 0 Å². The summed E-state index contributed by atoms with van der Waals surface area (Å²) in [5, 5.41) is 3.76. The summed E-state index contributed by atoms with van der Waals surface area (Å²) in [6, 6.07) is 7.60. The summed E-state index contributed by atoms with van der Waals surface area (Å²) < 4.78 is 5.44. The lowest BCUT2D eigenvalue weighted by molar-refractivity contribution is 0.106. The van der Waals surface area contributed by atoms with E-state index in [9.17, 15) is 0 Å². The number of benzene rings is 1. The van der Waals surface area contributed by atoms with Crippen LogP contribution in [0.25, 0.3) is 0 Å². The largest absolute Gasteiger partial charge is 0.375 e. The van der Waals surface area contributed by atoms with E-state index in [1.54, 1.807) is 7.11 Å². The second-order valence-electron chi connectivity index (χ2n) is 4.78. The fourth-order valence-electron chi connectivity index (χ4n) is 1.58. The summed E-state index contributed by atoms with van der Waals surface area (Å²) in [5.74, 6) is 0.935. The van der Waals surface area contributed by atoms with Gasteiger partial charge in [-0.05, 0) is 23.6 Å². The number of aliphatic imine (C=N–C) groups is 1. The fourth-order valence-corrected chi connectivity index (χ4v) is 1.78. The first-order chi connectivity index (χ1) is 9.02. The molecule has 0 heterocycles. The molecular formula is C14H23ClIN3O. The number of ether oxygens (including phenoxy) is 1. The van der Waals surface area contributed by atoms with Gasteiger partial charge in [0.1, 0.15) is 0 Å². The second-order valence-corrected chi connectivity index (χ2v) is 5.22. The van der Waals surface area contributed by atoms with Crippen LogP contribution >= 0.6 is 35.6 Å². The first-order valence-corrected chi connectivity index (χ1v) is 6.72. The van der Waals surface area contributed by atoms with Crippen molar-refractivity contribution in [1.82, 2.24) is 5.32 Å². The molecule has 0 aliphatic rings. The summed E-state index contributed by atoms with van der Waals surface area (Å²) in [4.78, 5) is 4.24. The molecule has 6 heteroatoms. The molecule has 0 fully saturated rings. The first-order valence-electron chi connectivity index (χ1n) is 6.35. The van der Waals surface area contributed by atoms with Gasteiger partial charge in [-0.1, -0.05) is 37.6 Å². The summed E-state index contributed by atoms with van der Waals surface area (Å²) in [6.45, 7) is 5.47. The molecule has 0 radical (unpaired) electrons. The van der Waals surface area contributed by atoms with Gasteiger partial charge in [-0.15, -0.1) is 24.0 Å². The van der Waals surface area contributed by atoms with Gasteiger partial charge in [0, 0.05) is 25.2 Å². The van der Waals surface area contributed by atoms with Gasteiger partial charge in [0.25, 0.3) is 0 Å². The normalized spacial score (nSPS) is 12.9. The van der Waals surface area contributed by atoms with Crippen LogP contribution in [0.4, 0.5) is 0 Å². The summed E-state index contributed by atoms with van der Waals surface area (Å²) in [6.07, 6.45) is -0.105. The highest BCUT2D eigenvalue weighted by Crippen LogP contribution is 2.19. The van der Waals surface area contributed by atoms with Crippen molar-refractivity contribution in [2.75, 3.05) is 20.2 Å². The molecule has 4 nitrogen and oxygen atoms in total. The molecule has 1 aromatic carbocycles. The van der Waals surface area contributed by atoms with Gasteiger partial charge in [0.15, 0.2) is 5.96 Å². The number of guanidine groups is 1. The third-order valence-corrected chi connectivity index (χ3v) is 2.84. The van der Waals surface area contributed by atoms with Gasteiger partial charge in [0.05, 0.1) is 6.10 Å². The maximum atomic E-state index is 5.97. The van der Waals surface area contributed by atoms with Gasteiger partial charge >= 0.3 is 0 Å². The number of nitrogens with zero attached hydrogens (tertiary/aromatic N) is 1. The predicted octanol–water partition coefficient (Wildman–Crippen LogP) is 3.21. The van der Waals surface area contributed by atoms with Gasteiger partial charge in [-0.2, -0.15) is 0 Å². The van der Waals surface area contributed by atoms with E-state index < -0.39 is 0 Å². The lowest BCUT2D eigenvalue weighted by Crippen LogP contribution is -2.35. The Labute approximate surface area is 143 Å². The van der Waals surface area contributed by atoms with Crippen molar-refractivity contribution < 1.29 is 4.74 Å². The van der Waals surface area contributed by atoms with Crippen molar-refractivity contribution in [2.45, 2.75) is 20.0 Å². The lowest BCUT2D eigenvalue weighted by atomic mass is 10.1. The average Bonchev–Trinajstić information content (AvgIpc) is 2.37. The maximum absolute atomic E-state index is 5.97. The van der Waals surface area contributed by atoms with Gasteiger partial charge in [-0.25, -0.2) is 0 Å². The van der Waals surface area contributed by atoms with Crippen LogP contribution < -0.4 is 11.1 Å². The highest BCUT2D eigenvalue weighted by molar-refractivity contribution is 14.0. The van der Waals surface area contributed by atoms with E-state index in [2.05, 4.69) is 24.2 Å². The molecule has 0 bridgehead atoms. The Kier molecular flexibility index (Phi) is 9.96. The Hall–Kier alpha value is -0.530. The highest BCUT2D eigenvalue weighted by Gasteiger charge is 2.10. The van der Waals surface area contributed by atoms with E-state index in [4.69, 9.17) is 22.1 Å². The number of nitrogens with two attached hydrogens (primary N) is 1. The van der Waals surface area contributed by atoms with Crippen LogP contribution in [-0.4, -0.2) is 26.2 Å². The van der Waals surface area contributed by atoms with Gasteiger partial charge < -0.3 is 15.8 Å². The zero-order valence-corrected chi connectivity index (χ0v) is 15.2. The number of nitrogens with one attached hydrogen (secondary N) is 1. The van der Waals surface area contributed by atoms with Crippen molar-refractivity contribution in [3.8, 4) is 0 Å². The van der Waals surface area contributed by atoms with Gasteiger partial charge in [-0.3, -0.25) is 4.99 Å². The molecule has 1 rings (SSSR count). The lowest BCUT2D eigenvalue weighted by Gasteiger charge is -2.17. The standard InChI is InChI=1S/C14H22ClN3O.HI/c1-10(2)8-17-14(16)18-9-13(19-3)11-5-4-6-12(15)7-11;/h4-7,10,13H,8-9H2,1-3H3,(H3,16,17,18);1H. The molecule has 0 saturated heterocycles. The smallest absolute Gasteiger partial charge is 0.188 e. The Morgan fingerprint density at radius 3 is 2.70 bits per heavy atom. The Balaban J connectivity index is 0.00000361. The minimum Gasteiger partial charge on any atom is -0.375 e. The first kappa shape index (κ1) is 19.5. The van der Waals surface area contributed by atoms with E-state index in [0.29, 0.717) is 30.0 Å². The number of halogens is 2. The van der Waals surface area contributed by atoms with Crippen LogP contribution in [0.5, 0.6) is 0 Å². The van der Waals surface area contributed by atoms with Crippen LogP contribution in [0.2, 0.25) is 5.02 Å². The van der Waals surface area contributed by atoms with Crippen molar-refractivity contribution in [2.24, 2.45) is 16.6 Å². The predicted molar refractivity (Wildman–Crippen MR) is 95.9 cm³/mol. The molecule has 1 unspecified atom stereocenters. The van der Waals surface area contributed by atoms with E-state index in [0.717, 1.165) is 5.56 Å². The third-order valence-electron chi connectivity index (χ3n) is 2.60. The monoisotopic (exact) mass is 411 g/mol. The van der Waals surface area contributed by atoms with Crippen LogP contribution in [0, 0.1) is 5.92 Å². The molecule has 0 aliphatic carbocycles. The Morgan fingerprint density at radius 2 is 2.15 bits per heavy atom. The fraction of sp³-hybridized carbons (Fsp3) is 0.500. The van der Waals surface area contributed by atoms with Crippen molar-refractivity contribution >= 4 is 41.5 Å². The molecule has 0 spiro atoms. The number of rotatable bonds is 6. The van der Waals surface area contributed by atoms with Crippen molar-refractivity contribution in [3.63, 3.8) is 0 Å². The highest BCUT2D eigenvalue weighted by atomic mass is 127. The van der Waals surface area contributed by atoms with Gasteiger partial charge in [0.2, 0.25) is 0 Å².